The van der Waals surface area contributed by atoms with E-state index in [1.807, 2.05) is 22.6 Å². The molecule has 10 heteroatoms. The van der Waals surface area contributed by atoms with Crippen LogP contribution in [0.15, 0.2) is 41.3 Å². The summed E-state index contributed by atoms with van der Waals surface area (Å²) in [4.78, 5) is 36.3. The molecule has 138 valence electrons. The molecule has 1 N–H and O–H groups in total. The van der Waals surface area contributed by atoms with E-state index in [0.717, 1.165) is 20.2 Å². The van der Waals surface area contributed by atoms with E-state index < -0.39 is 16.1 Å². The summed E-state index contributed by atoms with van der Waals surface area (Å²) < 4.78 is 1.54. The number of phenols is 1. The van der Waals surface area contributed by atoms with Crippen LogP contribution in [0.2, 0.25) is 0 Å². The van der Waals surface area contributed by atoms with E-state index in [1.54, 1.807) is 12.1 Å². The van der Waals surface area contributed by atoms with Crippen molar-refractivity contribution in [3.05, 3.63) is 69.7 Å². The molecular weight excluding hydrogens is 598 g/mol. The molecule has 1 fully saturated rings. The van der Waals surface area contributed by atoms with Gasteiger partial charge in [-0.05, 0) is 80.7 Å². The van der Waals surface area contributed by atoms with Crippen LogP contribution in [0.25, 0.3) is 6.08 Å². The Morgan fingerprint density at radius 3 is 2.48 bits per heavy atom. The Kier molecular flexibility index (Phi) is 6.05. The van der Waals surface area contributed by atoms with E-state index in [2.05, 4.69) is 22.6 Å². The molecule has 0 bridgehead atoms. The number of hydrogen-bond donors (Lipinski definition) is 1. The summed E-state index contributed by atoms with van der Waals surface area (Å²) in [5.41, 5.74) is 1.01. The second kappa shape index (κ2) is 8.14. The minimum absolute atomic E-state index is 0.0237. The summed E-state index contributed by atoms with van der Waals surface area (Å²) in [6, 6.07) is 9.21. The van der Waals surface area contributed by atoms with Crippen LogP contribution in [0.1, 0.15) is 11.1 Å². The van der Waals surface area contributed by atoms with Crippen LogP contribution < -0.4 is 0 Å². The van der Waals surface area contributed by atoms with Crippen molar-refractivity contribution in [3.8, 4) is 5.75 Å². The maximum Gasteiger partial charge on any atom is 0.293 e. The first kappa shape index (κ1) is 20.1. The number of nitrogens with zero attached hydrogens (tertiary/aromatic N) is 2. The summed E-state index contributed by atoms with van der Waals surface area (Å²) in [5.74, 6) is -0.408. The second-order valence-corrected chi connectivity index (χ2v) is 8.92. The number of amides is 2. The average molecular weight is 608 g/mol. The third-order valence-corrected chi connectivity index (χ3v) is 6.06. The van der Waals surface area contributed by atoms with Gasteiger partial charge in [-0.1, -0.05) is 12.1 Å². The van der Waals surface area contributed by atoms with Crippen LogP contribution in [0.5, 0.6) is 5.75 Å². The van der Waals surface area contributed by atoms with Crippen LogP contribution in [0.4, 0.5) is 10.5 Å². The zero-order chi connectivity index (χ0) is 19.7. The van der Waals surface area contributed by atoms with Crippen molar-refractivity contribution in [2.24, 2.45) is 0 Å². The lowest BCUT2D eigenvalue weighted by molar-refractivity contribution is -0.384. The molecule has 1 saturated heterocycles. The summed E-state index contributed by atoms with van der Waals surface area (Å²) in [6.45, 7) is 0.0237. The first-order valence-corrected chi connectivity index (χ1v) is 10.4. The Balaban J connectivity index is 1.84. The molecule has 27 heavy (non-hydrogen) atoms. The van der Waals surface area contributed by atoms with Gasteiger partial charge in [0.1, 0.15) is 5.75 Å². The lowest BCUT2D eigenvalue weighted by atomic mass is 10.1. The number of thioether (sulfide) groups is 1. The molecule has 1 aliphatic heterocycles. The van der Waals surface area contributed by atoms with E-state index in [9.17, 15) is 24.8 Å². The fraction of sp³-hybridized carbons (Fsp3) is 0.0588. The molecule has 0 radical (unpaired) electrons. The molecule has 0 aromatic heterocycles. The van der Waals surface area contributed by atoms with Gasteiger partial charge in [-0.2, -0.15) is 0 Å². The number of nitro benzene ring substituents is 1. The maximum absolute atomic E-state index is 12.6. The van der Waals surface area contributed by atoms with Crippen LogP contribution in [0, 0.1) is 17.3 Å². The van der Waals surface area contributed by atoms with Crippen molar-refractivity contribution in [1.29, 1.82) is 0 Å². The van der Waals surface area contributed by atoms with Crippen LogP contribution in [-0.2, 0) is 11.3 Å². The van der Waals surface area contributed by atoms with E-state index >= 15 is 0 Å². The number of carbonyl (C=O) groups excluding carboxylic acids is 2. The highest BCUT2D eigenvalue weighted by molar-refractivity contribution is 14.1. The predicted molar refractivity (Wildman–Crippen MR) is 118 cm³/mol. The molecule has 0 aliphatic carbocycles. The number of benzene rings is 2. The highest BCUT2D eigenvalue weighted by atomic mass is 127. The summed E-state index contributed by atoms with van der Waals surface area (Å²) in [7, 11) is 0. The quantitative estimate of drug-likeness (QED) is 0.233. The molecule has 0 spiro atoms. The number of phenolic OH excluding ortho intramolecular Hbond substituents is 1. The van der Waals surface area contributed by atoms with E-state index in [-0.39, 0.29) is 22.9 Å². The Hall–Kier alpha value is -1.67. The van der Waals surface area contributed by atoms with Gasteiger partial charge in [-0.25, -0.2) is 0 Å². The first-order chi connectivity index (χ1) is 12.8. The molecule has 2 aromatic carbocycles. The standard InChI is InChI=1S/C17H10I2N2O5S/c18-11-5-10(15(22)13(19)7-11)6-14-16(23)20(17(24)27-14)8-9-1-3-12(4-2-9)21(25)26/h1-7,22H,8H2/b14-6-. The molecule has 2 amide bonds. The maximum atomic E-state index is 12.6. The largest absolute Gasteiger partial charge is 0.506 e. The molecule has 0 unspecified atom stereocenters. The molecule has 0 atom stereocenters. The number of nitro groups is 1. The minimum atomic E-state index is -0.512. The van der Waals surface area contributed by atoms with Gasteiger partial charge in [-0.15, -0.1) is 0 Å². The summed E-state index contributed by atoms with van der Waals surface area (Å²) in [5, 5.41) is 20.5. The van der Waals surface area contributed by atoms with E-state index in [1.165, 1.54) is 30.3 Å². The number of imide groups is 1. The monoisotopic (exact) mass is 608 g/mol. The number of rotatable bonds is 4. The average Bonchev–Trinajstić information content (AvgIpc) is 2.87. The van der Waals surface area contributed by atoms with Crippen LogP contribution >= 0.6 is 56.9 Å². The zero-order valence-corrected chi connectivity index (χ0v) is 18.5. The highest BCUT2D eigenvalue weighted by Crippen LogP contribution is 2.36. The summed E-state index contributed by atoms with van der Waals surface area (Å²) in [6.07, 6.45) is 1.50. The second-order valence-electron chi connectivity index (χ2n) is 5.52. The Labute approximate surface area is 185 Å². The Morgan fingerprint density at radius 1 is 1.19 bits per heavy atom. The minimum Gasteiger partial charge on any atom is -0.506 e. The summed E-state index contributed by atoms with van der Waals surface area (Å²) >= 11 is 4.90. The van der Waals surface area contributed by atoms with Crippen LogP contribution in [0.3, 0.4) is 0 Å². The number of carbonyl (C=O) groups is 2. The van der Waals surface area contributed by atoms with E-state index in [4.69, 9.17) is 0 Å². The van der Waals surface area contributed by atoms with Gasteiger partial charge in [0.05, 0.1) is 19.9 Å². The lowest BCUT2D eigenvalue weighted by Gasteiger charge is -2.12. The molecule has 1 heterocycles. The third-order valence-electron chi connectivity index (χ3n) is 3.71. The van der Waals surface area contributed by atoms with Gasteiger partial charge in [0.2, 0.25) is 0 Å². The van der Waals surface area contributed by atoms with Gasteiger partial charge in [0, 0.05) is 21.3 Å². The van der Waals surface area contributed by atoms with Gasteiger partial charge in [0.25, 0.3) is 16.8 Å². The van der Waals surface area contributed by atoms with Gasteiger partial charge >= 0.3 is 0 Å². The number of hydrogen-bond acceptors (Lipinski definition) is 6. The van der Waals surface area contributed by atoms with Crippen molar-refractivity contribution in [1.82, 2.24) is 4.90 Å². The number of non-ortho nitro benzene ring substituents is 1. The Morgan fingerprint density at radius 2 is 1.85 bits per heavy atom. The molecule has 7 nitrogen and oxygen atoms in total. The normalized spacial score (nSPS) is 15.6. The van der Waals surface area contributed by atoms with Gasteiger partial charge in [-0.3, -0.25) is 24.6 Å². The zero-order valence-electron chi connectivity index (χ0n) is 13.4. The van der Waals surface area contributed by atoms with Crippen molar-refractivity contribution in [2.75, 3.05) is 0 Å². The fourth-order valence-electron chi connectivity index (χ4n) is 2.38. The Bertz CT molecular complexity index is 992. The number of halogens is 2. The third kappa shape index (κ3) is 4.43. The van der Waals surface area contributed by atoms with E-state index in [0.29, 0.717) is 14.7 Å². The van der Waals surface area contributed by atoms with Crippen LogP contribution in [-0.4, -0.2) is 26.1 Å². The van der Waals surface area contributed by atoms with Crippen molar-refractivity contribution in [2.45, 2.75) is 6.54 Å². The van der Waals surface area contributed by atoms with Crippen molar-refractivity contribution in [3.63, 3.8) is 0 Å². The van der Waals surface area contributed by atoms with Crippen molar-refractivity contribution >= 4 is 79.9 Å². The lowest BCUT2D eigenvalue weighted by Crippen LogP contribution is -2.27. The topological polar surface area (TPSA) is 101 Å². The fourth-order valence-corrected chi connectivity index (χ4v) is 5.10. The SMILES string of the molecule is O=C1S/C(=C\c2cc(I)cc(I)c2O)C(=O)N1Cc1ccc([N+](=O)[O-])cc1. The van der Waals surface area contributed by atoms with Gasteiger partial charge < -0.3 is 5.11 Å². The molecular formula is C17H10I2N2O5S. The van der Waals surface area contributed by atoms with Crippen molar-refractivity contribution < 1.29 is 19.6 Å². The first-order valence-electron chi connectivity index (χ1n) is 7.43. The molecule has 0 saturated carbocycles. The molecule has 3 rings (SSSR count). The molecule has 2 aromatic rings. The number of aromatic hydroxyl groups is 1. The highest BCUT2D eigenvalue weighted by Gasteiger charge is 2.35. The molecule has 1 aliphatic rings. The predicted octanol–water partition coefficient (Wildman–Crippen LogP) is 4.75. The smallest absolute Gasteiger partial charge is 0.293 e. The van der Waals surface area contributed by atoms with Gasteiger partial charge in [0.15, 0.2) is 0 Å².